The van der Waals surface area contributed by atoms with E-state index in [9.17, 15) is 14.7 Å². The van der Waals surface area contributed by atoms with Crippen LogP contribution in [0.2, 0.25) is 0 Å². The second-order valence-electron chi connectivity index (χ2n) is 10.7. The zero-order valence-electron chi connectivity index (χ0n) is 21.4. The highest BCUT2D eigenvalue weighted by Crippen LogP contribution is 2.40. The summed E-state index contributed by atoms with van der Waals surface area (Å²) in [6, 6.07) is 20.8. The van der Waals surface area contributed by atoms with Gasteiger partial charge in [0.25, 0.3) is 5.56 Å². The molecule has 0 spiro atoms. The van der Waals surface area contributed by atoms with Gasteiger partial charge in [-0.3, -0.25) is 9.36 Å². The van der Waals surface area contributed by atoms with E-state index in [4.69, 9.17) is 4.74 Å². The van der Waals surface area contributed by atoms with Gasteiger partial charge in [0.1, 0.15) is 0 Å². The maximum atomic E-state index is 13.7. The minimum absolute atomic E-state index is 0.0432. The molecule has 2 fully saturated rings. The molecule has 0 saturated carbocycles. The number of carbonyl (C=O) groups is 1. The molecule has 2 amide bonds. The van der Waals surface area contributed by atoms with Crippen molar-refractivity contribution < 1.29 is 14.6 Å². The summed E-state index contributed by atoms with van der Waals surface area (Å²) < 4.78 is 7.17. The number of hydrogen-bond donors (Lipinski definition) is 1. The van der Waals surface area contributed by atoms with Crippen molar-refractivity contribution in [3.8, 4) is 11.3 Å². The summed E-state index contributed by atoms with van der Waals surface area (Å²) in [7, 11) is 0. The van der Waals surface area contributed by atoms with Crippen LogP contribution >= 0.6 is 0 Å². The zero-order valence-corrected chi connectivity index (χ0v) is 21.4. The molecular formula is C29H34N4O4. The van der Waals surface area contributed by atoms with Gasteiger partial charge in [0.05, 0.1) is 43.4 Å². The van der Waals surface area contributed by atoms with Crippen molar-refractivity contribution in [1.29, 1.82) is 0 Å². The minimum Gasteiger partial charge on any atom is -0.387 e. The van der Waals surface area contributed by atoms with Gasteiger partial charge in [-0.15, -0.1) is 0 Å². The molecule has 8 nitrogen and oxygen atoms in total. The number of amides is 2. The zero-order chi connectivity index (χ0) is 26.0. The predicted molar refractivity (Wildman–Crippen MR) is 141 cm³/mol. The summed E-state index contributed by atoms with van der Waals surface area (Å²) in [5.41, 5.74) is 0.492. The lowest BCUT2D eigenvalue weighted by molar-refractivity contribution is -0.123. The topological polar surface area (TPSA) is 87.9 Å². The number of ether oxygens (including phenoxy) is 1. The normalized spacial score (nSPS) is 23.6. The Balaban J connectivity index is 1.31. The number of carbonyl (C=O) groups excluding carboxylic acids is 1. The van der Waals surface area contributed by atoms with Gasteiger partial charge in [0.15, 0.2) is 0 Å². The number of hydrogen-bond acceptors (Lipinski definition) is 5. The number of urea groups is 1. The van der Waals surface area contributed by atoms with Gasteiger partial charge in [0, 0.05) is 36.7 Å². The van der Waals surface area contributed by atoms with Crippen molar-refractivity contribution in [2.24, 2.45) is 5.41 Å². The molecule has 2 aromatic carbocycles. The lowest BCUT2D eigenvalue weighted by Gasteiger charge is -2.51. The molecule has 1 N–H and O–H groups in total. The number of morpholine rings is 1. The van der Waals surface area contributed by atoms with E-state index >= 15 is 0 Å². The SMILES string of the molecule is CC1(C)CN(C(=O)N2CCOCC2c2ccccc2)CCC1(O)Cn1cnc(-c2ccccc2)cc1=O. The molecule has 8 heteroatoms. The van der Waals surface area contributed by atoms with Crippen LogP contribution in [0, 0.1) is 5.41 Å². The molecule has 0 aliphatic carbocycles. The number of aliphatic hydroxyl groups is 1. The van der Waals surface area contributed by atoms with Gasteiger partial charge in [-0.1, -0.05) is 74.5 Å². The summed E-state index contributed by atoms with van der Waals surface area (Å²) in [6.45, 7) is 6.31. The molecule has 2 aliphatic heterocycles. The Hall–Kier alpha value is -3.49. The number of rotatable bonds is 4. The second kappa shape index (κ2) is 10.1. The summed E-state index contributed by atoms with van der Waals surface area (Å²) >= 11 is 0. The average molecular weight is 503 g/mol. The molecule has 2 aliphatic rings. The van der Waals surface area contributed by atoms with Gasteiger partial charge < -0.3 is 19.6 Å². The monoisotopic (exact) mass is 502 g/mol. The Morgan fingerprint density at radius 3 is 2.46 bits per heavy atom. The Morgan fingerprint density at radius 2 is 1.78 bits per heavy atom. The van der Waals surface area contributed by atoms with E-state index in [1.54, 1.807) is 0 Å². The van der Waals surface area contributed by atoms with E-state index in [0.717, 1.165) is 11.1 Å². The van der Waals surface area contributed by atoms with Crippen molar-refractivity contribution in [3.05, 3.63) is 89.0 Å². The van der Waals surface area contributed by atoms with Crippen molar-refractivity contribution in [1.82, 2.24) is 19.4 Å². The Bertz CT molecular complexity index is 1290. The largest absolute Gasteiger partial charge is 0.387 e. The van der Waals surface area contributed by atoms with Gasteiger partial charge in [-0.05, 0) is 12.0 Å². The van der Waals surface area contributed by atoms with E-state index in [2.05, 4.69) is 4.98 Å². The van der Waals surface area contributed by atoms with Crippen LogP contribution in [-0.4, -0.2) is 68.9 Å². The lowest BCUT2D eigenvalue weighted by atomic mass is 9.70. The molecule has 1 aromatic heterocycles. The van der Waals surface area contributed by atoms with E-state index in [0.29, 0.717) is 45.0 Å². The molecule has 3 heterocycles. The fourth-order valence-electron chi connectivity index (χ4n) is 5.38. The van der Waals surface area contributed by atoms with Crippen molar-refractivity contribution in [2.45, 2.75) is 38.5 Å². The second-order valence-corrected chi connectivity index (χ2v) is 10.7. The van der Waals surface area contributed by atoms with Gasteiger partial charge in [-0.25, -0.2) is 9.78 Å². The summed E-state index contributed by atoms with van der Waals surface area (Å²) in [5, 5.41) is 11.7. The summed E-state index contributed by atoms with van der Waals surface area (Å²) in [6.07, 6.45) is 1.87. The summed E-state index contributed by atoms with van der Waals surface area (Å²) in [4.78, 5) is 34.8. The number of benzene rings is 2. The number of likely N-dealkylation sites (tertiary alicyclic amines) is 1. The van der Waals surface area contributed by atoms with Crippen LogP contribution in [0.5, 0.6) is 0 Å². The highest BCUT2D eigenvalue weighted by molar-refractivity contribution is 5.75. The minimum atomic E-state index is -1.17. The smallest absolute Gasteiger partial charge is 0.320 e. The average Bonchev–Trinajstić information content (AvgIpc) is 2.92. The first-order valence-electron chi connectivity index (χ1n) is 12.8. The molecule has 194 valence electrons. The molecular weight excluding hydrogens is 468 g/mol. The van der Waals surface area contributed by atoms with Crippen LogP contribution in [0.1, 0.15) is 31.9 Å². The fraction of sp³-hybridized carbons (Fsp3) is 0.414. The fourth-order valence-corrected chi connectivity index (χ4v) is 5.38. The first-order valence-corrected chi connectivity index (χ1v) is 12.8. The molecule has 3 aromatic rings. The third-order valence-electron chi connectivity index (χ3n) is 7.85. The Kier molecular flexibility index (Phi) is 6.88. The summed E-state index contributed by atoms with van der Waals surface area (Å²) in [5.74, 6) is 0. The maximum absolute atomic E-state index is 13.7. The Labute approximate surface area is 217 Å². The molecule has 2 unspecified atom stereocenters. The van der Waals surface area contributed by atoms with Crippen molar-refractivity contribution in [3.63, 3.8) is 0 Å². The number of nitrogens with zero attached hydrogens (tertiary/aromatic N) is 4. The number of piperidine rings is 1. The molecule has 2 atom stereocenters. The predicted octanol–water partition coefficient (Wildman–Crippen LogP) is 3.57. The molecule has 5 rings (SSSR count). The van der Waals surface area contributed by atoms with Crippen LogP contribution in [0.15, 0.2) is 77.9 Å². The maximum Gasteiger partial charge on any atom is 0.320 e. The van der Waals surface area contributed by atoms with E-state index in [-0.39, 0.29) is 24.2 Å². The van der Waals surface area contributed by atoms with Gasteiger partial charge in [0.2, 0.25) is 0 Å². The van der Waals surface area contributed by atoms with Crippen molar-refractivity contribution >= 4 is 6.03 Å². The van der Waals surface area contributed by atoms with E-state index in [1.165, 1.54) is 17.0 Å². The highest BCUT2D eigenvalue weighted by Gasteiger charge is 2.50. The third kappa shape index (κ3) is 5.04. The molecule has 2 saturated heterocycles. The van der Waals surface area contributed by atoms with Gasteiger partial charge in [-0.2, -0.15) is 0 Å². The van der Waals surface area contributed by atoms with E-state index < -0.39 is 11.0 Å². The highest BCUT2D eigenvalue weighted by atomic mass is 16.5. The molecule has 0 radical (unpaired) electrons. The van der Waals surface area contributed by atoms with Crippen molar-refractivity contribution in [2.75, 3.05) is 32.8 Å². The van der Waals surface area contributed by atoms with Crippen LogP contribution in [-0.2, 0) is 11.3 Å². The van der Waals surface area contributed by atoms with Gasteiger partial charge >= 0.3 is 6.03 Å². The lowest BCUT2D eigenvalue weighted by Crippen LogP contribution is -2.62. The van der Waals surface area contributed by atoms with Crippen LogP contribution in [0.4, 0.5) is 4.79 Å². The van der Waals surface area contributed by atoms with Crippen LogP contribution < -0.4 is 5.56 Å². The van der Waals surface area contributed by atoms with E-state index in [1.807, 2.05) is 84.3 Å². The first-order chi connectivity index (χ1) is 17.8. The quantitative estimate of drug-likeness (QED) is 0.589. The standard InChI is InChI=1S/C29H34N4O4/c1-28(2)19-31(27(35)33-15-16-37-18-25(33)23-11-7-4-8-12-23)14-13-29(28,36)20-32-21-30-24(17-26(32)34)22-9-5-3-6-10-22/h3-12,17,21,25,36H,13-16,18-20H2,1-2H3. The Morgan fingerprint density at radius 1 is 1.08 bits per heavy atom. The third-order valence-corrected chi connectivity index (χ3v) is 7.85. The first kappa shape index (κ1) is 25.2. The number of aromatic nitrogens is 2. The molecule has 37 heavy (non-hydrogen) atoms. The van der Waals surface area contributed by atoms with Crippen LogP contribution in [0.25, 0.3) is 11.3 Å². The molecule has 0 bridgehead atoms. The van der Waals surface area contributed by atoms with Crippen LogP contribution in [0.3, 0.4) is 0 Å².